The first kappa shape index (κ1) is 28.8. The zero-order chi connectivity index (χ0) is 26.2. The third-order valence-corrected chi connectivity index (χ3v) is 6.08. The number of carbonyl (C=O) groups is 2. The molecule has 2 aromatic rings. The largest absolute Gasteiger partial charge is 0.423 e. The van der Waals surface area contributed by atoms with Gasteiger partial charge in [0.15, 0.2) is 0 Å². The van der Waals surface area contributed by atoms with Crippen LogP contribution in [0.1, 0.15) is 87.5 Å². The van der Waals surface area contributed by atoms with E-state index in [1.54, 1.807) is 12.1 Å². The van der Waals surface area contributed by atoms with Crippen molar-refractivity contribution in [3.8, 4) is 11.5 Å². The van der Waals surface area contributed by atoms with E-state index < -0.39 is 11.9 Å². The van der Waals surface area contributed by atoms with Gasteiger partial charge in [-0.15, -0.1) is 0 Å². The van der Waals surface area contributed by atoms with E-state index in [0.29, 0.717) is 11.5 Å². The maximum Gasteiger partial charge on any atom is 0.335 e. The smallest absolute Gasteiger partial charge is 0.335 e. The quantitative estimate of drug-likeness (QED) is 0.0784. The van der Waals surface area contributed by atoms with Crippen molar-refractivity contribution in [1.29, 1.82) is 0 Å². The first-order chi connectivity index (χ1) is 17.5. The summed E-state index contributed by atoms with van der Waals surface area (Å²) in [4.78, 5) is 23.4. The number of hydrogen-bond acceptors (Lipinski definition) is 4. The van der Waals surface area contributed by atoms with Crippen molar-refractivity contribution in [1.82, 2.24) is 0 Å². The zero-order valence-corrected chi connectivity index (χ0v) is 21.9. The Bertz CT molecular complexity index is 1030. The molecule has 0 amide bonds. The lowest BCUT2D eigenvalue weighted by atomic mass is 9.91. The van der Waals surface area contributed by atoms with E-state index in [1.165, 1.54) is 43.7 Å². The Labute approximate surface area is 216 Å². The van der Waals surface area contributed by atoms with Gasteiger partial charge in [0.25, 0.3) is 0 Å². The van der Waals surface area contributed by atoms with E-state index in [0.717, 1.165) is 54.9 Å². The van der Waals surface area contributed by atoms with Gasteiger partial charge in [-0.1, -0.05) is 95.9 Å². The first-order valence-electron chi connectivity index (χ1n) is 13.1. The number of hydrogen-bond donors (Lipinski definition) is 0. The fourth-order valence-corrected chi connectivity index (χ4v) is 4.11. The Hall–Kier alpha value is -3.40. The van der Waals surface area contributed by atoms with E-state index in [-0.39, 0.29) is 0 Å². The van der Waals surface area contributed by atoms with Crippen molar-refractivity contribution in [3.63, 3.8) is 0 Å². The highest BCUT2D eigenvalue weighted by Crippen LogP contribution is 2.31. The normalized spacial score (nSPS) is 10.8. The molecule has 4 nitrogen and oxygen atoms in total. The molecule has 0 aliphatic rings. The molecular formula is C32H40O4. The van der Waals surface area contributed by atoms with Gasteiger partial charge in [-0.2, -0.15) is 0 Å². The predicted octanol–water partition coefficient (Wildman–Crippen LogP) is 8.29. The Morgan fingerprint density at radius 1 is 0.694 bits per heavy atom. The molecule has 2 aromatic carbocycles. The summed E-state index contributed by atoms with van der Waals surface area (Å²) in [5, 5.41) is 0. The van der Waals surface area contributed by atoms with Crippen LogP contribution < -0.4 is 9.47 Å². The first-order valence-corrected chi connectivity index (χ1v) is 13.1. The SMILES string of the molecule is C=CC(=O)Oc1ccc(C=Cc2ccc(OC(=O)C=C)c(CCCCCC)c2CCCCCC)cc1. The van der Waals surface area contributed by atoms with Crippen LogP contribution in [0.3, 0.4) is 0 Å². The molecule has 0 saturated heterocycles. The van der Waals surface area contributed by atoms with Gasteiger partial charge in [0.1, 0.15) is 11.5 Å². The van der Waals surface area contributed by atoms with Crippen molar-refractivity contribution in [2.45, 2.75) is 78.1 Å². The maximum absolute atomic E-state index is 12.0. The molecule has 2 rings (SSSR count). The molecule has 4 heteroatoms. The highest BCUT2D eigenvalue weighted by Gasteiger charge is 2.15. The lowest BCUT2D eigenvalue weighted by molar-refractivity contribution is -0.129. The van der Waals surface area contributed by atoms with Crippen LogP contribution in [0.4, 0.5) is 0 Å². The molecule has 0 fully saturated rings. The zero-order valence-electron chi connectivity index (χ0n) is 21.9. The molecule has 36 heavy (non-hydrogen) atoms. The number of benzene rings is 2. The summed E-state index contributed by atoms with van der Waals surface area (Å²) < 4.78 is 10.8. The average Bonchev–Trinajstić information content (AvgIpc) is 2.89. The van der Waals surface area contributed by atoms with E-state index >= 15 is 0 Å². The highest BCUT2D eigenvalue weighted by atomic mass is 16.5. The van der Waals surface area contributed by atoms with Gasteiger partial charge in [0.05, 0.1) is 0 Å². The second-order valence-electron chi connectivity index (χ2n) is 8.88. The standard InChI is InChI=1S/C32H40O4/c1-5-9-11-13-15-28-26(20-17-25-18-22-27(23-19-25)35-31(33)7-3)21-24-30(36-32(34)8-4)29(28)16-14-12-10-6-2/h7-8,17-24H,3-6,9-16H2,1-2H3. The maximum atomic E-state index is 12.0. The molecule has 0 saturated carbocycles. The molecule has 0 atom stereocenters. The second kappa shape index (κ2) is 16.3. The summed E-state index contributed by atoms with van der Waals surface area (Å²) in [6.07, 6.45) is 17.6. The molecule has 192 valence electrons. The van der Waals surface area contributed by atoms with Crippen LogP contribution in [0.2, 0.25) is 0 Å². The van der Waals surface area contributed by atoms with Crippen LogP contribution in [0.25, 0.3) is 12.2 Å². The van der Waals surface area contributed by atoms with E-state index in [9.17, 15) is 9.59 Å². The molecule has 0 spiro atoms. The van der Waals surface area contributed by atoms with Crippen LogP contribution in [0.5, 0.6) is 11.5 Å². The Balaban J connectivity index is 2.37. The van der Waals surface area contributed by atoms with Gasteiger partial charge >= 0.3 is 11.9 Å². The number of rotatable bonds is 16. The van der Waals surface area contributed by atoms with E-state index in [4.69, 9.17) is 9.47 Å². The average molecular weight is 489 g/mol. The molecule has 0 aliphatic heterocycles. The van der Waals surface area contributed by atoms with Crippen molar-refractivity contribution < 1.29 is 19.1 Å². The topological polar surface area (TPSA) is 52.6 Å². The van der Waals surface area contributed by atoms with Crippen molar-refractivity contribution in [3.05, 3.63) is 84.0 Å². The molecule has 0 unspecified atom stereocenters. The summed E-state index contributed by atoms with van der Waals surface area (Å²) in [7, 11) is 0. The monoisotopic (exact) mass is 488 g/mol. The van der Waals surface area contributed by atoms with Gasteiger partial charge in [-0.05, 0) is 66.1 Å². The Morgan fingerprint density at radius 3 is 1.86 bits per heavy atom. The minimum Gasteiger partial charge on any atom is -0.423 e. The Morgan fingerprint density at radius 2 is 1.28 bits per heavy atom. The van der Waals surface area contributed by atoms with Crippen LogP contribution in [0.15, 0.2) is 61.7 Å². The summed E-state index contributed by atoms with van der Waals surface area (Å²) in [6.45, 7) is 11.4. The number of ether oxygens (including phenoxy) is 2. The summed E-state index contributed by atoms with van der Waals surface area (Å²) in [5.74, 6) is 0.223. The molecule has 0 radical (unpaired) electrons. The molecule has 0 aliphatic carbocycles. The minimum atomic E-state index is -0.477. The molecule has 0 N–H and O–H groups in total. The summed E-state index contributed by atoms with van der Waals surface area (Å²) in [6, 6.07) is 11.3. The third-order valence-electron chi connectivity index (χ3n) is 6.08. The van der Waals surface area contributed by atoms with Crippen LogP contribution in [0, 0.1) is 0 Å². The van der Waals surface area contributed by atoms with Gasteiger partial charge in [0.2, 0.25) is 0 Å². The summed E-state index contributed by atoms with van der Waals surface area (Å²) in [5.41, 5.74) is 4.52. The fourth-order valence-electron chi connectivity index (χ4n) is 4.11. The van der Waals surface area contributed by atoms with Crippen molar-refractivity contribution >= 4 is 24.1 Å². The molecular weight excluding hydrogens is 448 g/mol. The summed E-state index contributed by atoms with van der Waals surface area (Å²) >= 11 is 0. The number of esters is 2. The Kier molecular flexibility index (Phi) is 13.1. The molecule has 0 aromatic heterocycles. The second-order valence-corrected chi connectivity index (χ2v) is 8.88. The fraction of sp³-hybridized carbons (Fsp3) is 0.375. The van der Waals surface area contributed by atoms with Crippen LogP contribution in [-0.4, -0.2) is 11.9 Å². The number of carbonyl (C=O) groups excluding carboxylic acids is 2. The van der Waals surface area contributed by atoms with Gasteiger partial charge in [-0.25, -0.2) is 9.59 Å². The predicted molar refractivity (Wildman–Crippen MR) is 149 cm³/mol. The number of unbranched alkanes of at least 4 members (excludes halogenated alkanes) is 6. The van der Waals surface area contributed by atoms with Gasteiger partial charge < -0.3 is 9.47 Å². The lowest BCUT2D eigenvalue weighted by Crippen LogP contribution is -2.08. The highest BCUT2D eigenvalue weighted by molar-refractivity contribution is 5.84. The third kappa shape index (κ3) is 9.69. The molecule has 0 heterocycles. The van der Waals surface area contributed by atoms with Gasteiger partial charge in [0, 0.05) is 12.2 Å². The van der Waals surface area contributed by atoms with E-state index in [2.05, 4.69) is 39.2 Å². The van der Waals surface area contributed by atoms with Crippen molar-refractivity contribution in [2.24, 2.45) is 0 Å². The van der Waals surface area contributed by atoms with Crippen LogP contribution in [-0.2, 0) is 22.4 Å². The minimum absolute atomic E-state index is 0.428. The lowest BCUT2D eigenvalue weighted by Gasteiger charge is -2.17. The van der Waals surface area contributed by atoms with Gasteiger partial charge in [-0.3, -0.25) is 0 Å². The molecule has 0 bridgehead atoms. The van der Waals surface area contributed by atoms with Crippen molar-refractivity contribution in [2.75, 3.05) is 0 Å². The van der Waals surface area contributed by atoms with Crippen LogP contribution >= 0.6 is 0 Å². The van der Waals surface area contributed by atoms with E-state index in [1.807, 2.05) is 24.3 Å².